The first-order chi connectivity index (χ1) is 8.09. The summed E-state index contributed by atoms with van der Waals surface area (Å²) >= 11 is 0. The molecule has 2 aliphatic rings. The van der Waals surface area contributed by atoms with Gasteiger partial charge in [-0.1, -0.05) is 19.9 Å². The molecule has 1 aliphatic carbocycles. The molecule has 0 aromatic carbocycles. The van der Waals surface area contributed by atoms with E-state index in [1.54, 1.807) is 0 Å². The van der Waals surface area contributed by atoms with Gasteiger partial charge >= 0.3 is 0 Å². The Labute approximate surface area is 102 Å². The minimum absolute atomic E-state index is 0.118. The predicted octanol–water partition coefficient (Wildman–Crippen LogP) is 3.16. The Hall–Kier alpha value is -1.09. The van der Waals surface area contributed by atoms with Crippen LogP contribution >= 0.6 is 0 Å². The molecule has 17 heavy (non-hydrogen) atoms. The first kappa shape index (κ1) is 11.0. The van der Waals surface area contributed by atoms with E-state index in [0.29, 0.717) is 5.41 Å². The number of ether oxygens (including phenoxy) is 1. The molecule has 1 unspecified atom stereocenters. The Kier molecular flexibility index (Phi) is 2.40. The van der Waals surface area contributed by atoms with E-state index in [1.165, 1.54) is 12.0 Å². The molecule has 1 fully saturated rings. The largest absolute Gasteiger partial charge is 0.374 e. The highest BCUT2D eigenvalue weighted by Crippen LogP contribution is 2.47. The van der Waals surface area contributed by atoms with E-state index in [2.05, 4.69) is 30.1 Å². The summed E-state index contributed by atoms with van der Waals surface area (Å²) in [4.78, 5) is 0. The van der Waals surface area contributed by atoms with Gasteiger partial charge in [0.15, 0.2) is 0 Å². The molecule has 0 amide bonds. The molecule has 1 aliphatic heterocycles. The Balaban J connectivity index is 1.76. The highest BCUT2D eigenvalue weighted by atomic mass is 16.5. The van der Waals surface area contributed by atoms with Crippen LogP contribution in [0.5, 0.6) is 0 Å². The van der Waals surface area contributed by atoms with E-state index in [9.17, 15) is 0 Å². The summed E-state index contributed by atoms with van der Waals surface area (Å²) in [5.74, 6) is 0. The van der Waals surface area contributed by atoms with Gasteiger partial charge in [-0.2, -0.15) is 5.10 Å². The van der Waals surface area contributed by atoms with E-state index in [4.69, 9.17) is 4.74 Å². The molecule has 0 saturated carbocycles. The average Bonchev–Trinajstić information content (AvgIpc) is 2.89. The van der Waals surface area contributed by atoms with Crippen LogP contribution in [-0.4, -0.2) is 22.4 Å². The molecular weight excluding hydrogens is 212 g/mol. The minimum Gasteiger partial charge on any atom is -0.374 e. The lowest BCUT2D eigenvalue weighted by atomic mass is 9.76. The van der Waals surface area contributed by atoms with Crippen molar-refractivity contribution in [1.82, 2.24) is 10.2 Å². The Bertz CT molecular complexity index is 433. The molecule has 1 aromatic heterocycles. The number of H-pyrrole nitrogens is 1. The molecule has 1 N–H and O–H groups in total. The zero-order chi connectivity index (χ0) is 11.9. The van der Waals surface area contributed by atoms with E-state index in [-0.39, 0.29) is 5.60 Å². The minimum atomic E-state index is 0.118. The van der Waals surface area contributed by atoms with Gasteiger partial charge in [0.05, 0.1) is 17.9 Å². The number of nitrogens with zero attached hydrogens (tertiary/aromatic N) is 1. The summed E-state index contributed by atoms with van der Waals surface area (Å²) < 4.78 is 6.09. The molecule has 2 heterocycles. The third kappa shape index (κ3) is 2.04. The van der Waals surface area contributed by atoms with Crippen LogP contribution in [0.2, 0.25) is 0 Å². The maximum absolute atomic E-state index is 6.09. The molecule has 1 atom stereocenters. The lowest BCUT2D eigenvalue weighted by Crippen LogP contribution is -2.30. The number of aromatic nitrogens is 2. The number of nitrogens with one attached hydrogen (secondary N) is 1. The molecule has 3 rings (SSSR count). The van der Waals surface area contributed by atoms with Crippen LogP contribution in [0.4, 0.5) is 0 Å². The van der Waals surface area contributed by atoms with Gasteiger partial charge in [-0.15, -0.1) is 0 Å². The number of hydrogen-bond acceptors (Lipinski definition) is 2. The van der Waals surface area contributed by atoms with Crippen LogP contribution in [0.1, 0.15) is 45.2 Å². The predicted molar refractivity (Wildman–Crippen MR) is 67.5 cm³/mol. The van der Waals surface area contributed by atoms with Crippen LogP contribution in [0, 0.1) is 5.41 Å². The SMILES string of the molecule is CC1(C)COC2(CC=C(c3ccn[nH]3)CC2)C1. The molecule has 92 valence electrons. The van der Waals surface area contributed by atoms with E-state index >= 15 is 0 Å². The highest BCUT2D eigenvalue weighted by molar-refractivity contribution is 5.63. The fourth-order valence-electron chi connectivity index (χ4n) is 3.17. The number of allylic oxidation sites excluding steroid dienone is 1. The van der Waals surface area contributed by atoms with Gasteiger partial charge in [-0.05, 0) is 42.7 Å². The van der Waals surface area contributed by atoms with Crippen molar-refractivity contribution in [3.8, 4) is 0 Å². The second-order valence-corrected chi connectivity index (χ2v) is 6.22. The molecule has 1 saturated heterocycles. The van der Waals surface area contributed by atoms with Crippen LogP contribution in [0.15, 0.2) is 18.3 Å². The van der Waals surface area contributed by atoms with Gasteiger partial charge in [0.2, 0.25) is 0 Å². The van der Waals surface area contributed by atoms with Gasteiger partial charge in [0.25, 0.3) is 0 Å². The van der Waals surface area contributed by atoms with Gasteiger partial charge in [0, 0.05) is 6.20 Å². The van der Waals surface area contributed by atoms with E-state index in [0.717, 1.165) is 31.6 Å². The van der Waals surface area contributed by atoms with Crippen molar-refractivity contribution in [2.24, 2.45) is 5.41 Å². The molecule has 1 spiro atoms. The van der Waals surface area contributed by atoms with Crippen LogP contribution in [0.25, 0.3) is 5.57 Å². The molecule has 0 bridgehead atoms. The smallest absolute Gasteiger partial charge is 0.0726 e. The number of aromatic amines is 1. The normalized spacial score (nSPS) is 31.8. The quantitative estimate of drug-likeness (QED) is 0.807. The standard InChI is InChI=1S/C14H20N2O/c1-13(2)9-14(17-10-13)6-3-11(4-7-14)12-5-8-15-16-12/h3,5,8H,4,6-7,9-10H2,1-2H3,(H,15,16). The summed E-state index contributed by atoms with van der Waals surface area (Å²) in [5.41, 5.74) is 3.02. The Morgan fingerprint density at radius 1 is 1.41 bits per heavy atom. The van der Waals surface area contributed by atoms with Crippen molar-refractivity contribution < 1.29 is 4.74 Å². The monoisotopic (exact) mass is 232 g/mol. The molecular formula is C14H20N2O. The summed E-state index contributed by atoms with van der Waals surface area (Å²) in [5, 5.41) is 7.06. The summed E-state index contributed by atoms with van der Waals surface area (Å²) in [6, 6.07) is 2.04. The molecule has 3 nitrogen and oxygen atoms in total. The lowest BCUT2D eigenvalue weighted by molar-refractivity contribution is -0.00366. The van der Waals surface area contributed by atoms with E-state index < -0.39 is 0 Å². The molecule has 3 heteroatoms. The zero-order valence-electron chi connectivity index (χ0n) is 10.6. The topological polar surface area (TPSA) is 37.9 Å². The van der Waals surface area contributed by atoms with Crippen molar-refractivity contribution in [3.63, 3.8) is 0 Å². The fourth-order valence-corrected chi connectivity index (χ4v) is 3.17. The van der Waals surface area contributed by atoms with E-state index in [1.807, 2.05) is 12.3 Å². The lowest BCUT2D eigenvalue weighted by Gasteiger charge is -2.32. The Morgan fingerprint density at radius 2 is 2.29 bits per heavy atom. The molecule has 1 aromatic rings. The fraction of sp³-hybridized carbons (Fsp3) is 0.643. The van der Waals surface area contributed by atoms with Crippen LogP contribution in [0.3, 0.4) is 0 Å². The second-order valence-electron chi connectivity index (χ2n) is 6.22. The second kappa shape index (κ2) is 3.70. The third-order valence-corrected chi connectivity index (χ3v) is 3.99. The van der Waals surface area contributed by atoms with Gasteiger partial charge in [0.1, 0.15) is 0 Å². The summed E-state index contributed by atoms with van der Waals surface area (Å²) in [6.07, 6.45) is 8.62. The van der Waals surface area contributed by atoms with Gasteiger partial charge < -0.3 is 4.74 Å². The van der Waals surface area contributed by atoms with Crippen molar-refractivity contribution in [3.05, 3.63) is 24.0 Å². The average molecular weight is 232 g/mol. The first-order valence-corrected chi connectivity index (χ1v) is 6.41. The number of hydrogen-bond donors (Lipinski definition) is 1. The Morgan fingerprint density at radius 3 is 2.82 bits per heavy atom. The van der Waals surface area contributed by atoms with Crippen LogP contribution in [-0.2, 0) is 4.74 Å². The summed E-state index contributed by atoms with van der Waals surface area (Å²) in [6.45, 7) is 5.51. The van der Waals surface area contributed by atoms with Gasteiger partial charge in [-0.3, -0.25) is 5.10 Å². The number of rotatable bonds is 1. The first-order valence-electron chi connectivity index (χ1n) is 6.41. The third-order valence-electron chi connectivity index (χ3n) is 3.99. The van der Waals surface area contributed by atoms with Crippen LogP contribution < -0.4 is 0 Å². The summed E-state index contributed by atoms with van der Waals surface area (Å²) in [7, 11) is 0. The maximum Gasteiger partial charge on any atom is 0.0726 e. The zero-order valence-corrected chi connectivity index (χ0v) is 10.6. The van der Waals surface area contributed by atoms with Crippen molar-refractivity contribution in [2.75, 3.05) is 6.61 Å². The highest BCUT2D eigenvalue weighted by Gasteiger charge is 2.44. The molecule has 0 radical (unpaired) electrons. The van der Waals surface area contributed by atoms with Crippen molar-refractivity contribution in [2.45, 2.75) is 45.1 Å². The maximum atomic E-state index is 6.09. The van der Waals surface area contributed by atoms with Crippen molar-refractivity contribution >= 4 is 5.57 Å². The van der Waals surface area contributed by atoms with Crippen molar-refractivity contribution in [1.29, 1.82) is 0 Å². The van der Waals surface area contributed by atoms with Gasteiger partial charge in [-0.25, -0.2) is 0 Å².